The SMILES string of the molecule is Fc1c(F)c(F)c([B-](F)(c2c(F)c(F)c(F)c(F)c2F)c2c(F)c(F)c(P(C3CCCCC3)C3CCCCC3)c(F)c2F)c(F)c1F. The molecule has 0 amide bonds. The van der Waals surface area contributed by atoms with Crippen molar-refractivity contribution in [1.29, 1.82) is 0 Å². The van der Waals surface area contributed by atoms with Crippen LogP contribution in [0.2, 0.25) is 0 Å². The third-order valence-electron chi connectivity index (χ3n) is 9.15. The summed E-state index contributed by atoms with van der Waals surface area (Å²) in [5.74, 6) is -42.3. The van der Waals surface area contributed by atoms with E-state index in [0.29, 0.717) is 51.4 Å². The first-order chi connectivity index (χ1) is 22.1. The summed E-state index contributed by atoms with van der Waals surface area (Å²) in [5, 5.41) is -1.22. The van der Waals surface area contributed by atoms with Crippen molar-refractivity contribution in [2.24, 2.45) is 0 Å². The fraction of sp³-hybridized carbons (Fsp3) is 0.400. The van der Waals surface area contributed by atoms with Crippen molar-refractivity contribution >= 4 is 36.0 Å². The summed E-state index contributed by atoms with van der Waals surface area (Å²) in [5.41, 5.74) is -10.3. The highest BCUT2D eigenvalue weighted by atomic mass is 31.1. The Balaban J connectivity index is 1.92. The van der Waals surface area contributed by atoms with Gasteiger partial charge in [-0.15, -0.1) is 0 Å². The van der Waals surface area contributed by atoms with Crippen LogP contribution < -0.4 is 21.7 Å². The Morgan fingerprint density at radius 3 is 0.851 bits per heavy atom. The maximum Gasteiger partial charge on any atom is 0.251 e. The number of hydrogen-bond donors (Lipinski definition) is 0. The molecule has 0 radical (unpaired) electrons. The third kappa shape index (κ3) is 5.50. The highest BCUT2D eigenvalue weighted by Crippen LogP contribution is 2.56. The summed E-state index contributed by atoms with van der Waals surface area (Å²) in [6.07, 6.45) is -1.49. The fourth-order valence-corrected chi connectivity index (χ4v) is 10.8. The van der Waals surface area contributed by atoms with Crippen LogP contribution in [0.1, 0.15) is 64.2 Å². The first kappa shape index (κ1) is 35.4. The predicted molar refractivity (Wildman–Crippen MR) is 145 cm³/mol. The van der Waals surface area contributed by atoms with Crippen LogP contribution in [0.5, 0.6) is 0 Å². The van der Waals surface area contributed by atoms with Crippen molar-refractivity contribution in [1.82, 2.24) is 0 Å². The summed E-state index contributed by atoms with van der Waals surface area (Å²) in [7, 11) is -2.16. The zero-order valence-corrected chi connectivity index (χ0v) is 24.8. The van der Waals surface area contributed by atoms with Gasteiger partial charge in [0.1, 0.15) is 34.9 Å². The number of rotatable bonds is 6. The molecule has 2 fully saturated rings. The second kappa shape index (κ2) is 13.2. The Hall–Kier alpha value is -2.90. The molecule has 0 spiro atoms. The Morgan fingerprint density at radius 2 is 0.574 bits per heavy atom. The van der Waals surface area contributed by atoms with Crippen molar-refractivity contribution in [3.63, 3.8) is 0 Å². The van der Waals surface area contributed by atoms with E-state index in [0.717, 1.165) is 12.8 Å². The molecule has 0 bridgehead atoms. The van der Waals surface area contributed by atoms with Crippen molar-refractivity contribution in [2.45, 2.75) is 75.5 Å². The summed E-state index contributed by atoms with van der Waals surface area (Å²) in [6.45, 7) is 0. The molecule has 2 saturated carbocycles. The average molecular weight is 709 g/mol. The van der Waals surface area contributed by atoms with Gasteiger partial charge in [-0.25, -0.2) is 61.5 Å². The highest BCUT2D eigenvalue weighted by molar-refractivity contribution is 7.67. The molecule has 17 heteroatoms. The van der Waals surface area contributed by atoms with Gasteiger partial charge < -0.3 is 4.32 Å². The van der Waals surface area contributed by atoms with E-state index >= 15 is 39.4 Å². The van der Waals surface area contributed by atoms with Crippen LogP contribution in [0, 0.1) is 81.4 Å². The average Bonchev–Trinajstić information content (AvgIpc) is 3.06. The molecule has 0 N–H and O–H groups in total. The van der Waals surface area contributed by atoms with Gasteiger partial charge >= 0.3 is 0 Å². The fourth-order valence-electron chi connectivity index (χ4n) is 6.97. The molecule has 3 aromatic carbocycles. The van der Waals surface area contributed by atoms with Crippen LogP contribution in [0.25, 0.3) is 0 Å². The van der Waals surface area contributed by atoms with Gasteiger partial charge in [0, 0.05) is 0 Å². The van der Waals surface area contributed by atoms with E-state index < -0.39 is 129 Å². The van der Waals surface area contributed by atoms with Gasteiger partial charge in [0.05, 0.1) is 5.30 Å². The Kier molecular flexibility index (Phi) is 9.94. The lowest BCUT2D eigenvalue weighted by molar-refractivity contribution is 0.380. The summed E-state index contributed by atoms with van der Waals surface area (Å²) in [4.78, 5) is 0. The molecule has 47 heavy (non-hydrogen) atoms. The second-order valence-electron chi connectivity index (χ2n) is 11.7. The van der Waals surface area contributed by atoms with Gasteiger partial charge in [0.15, 0.2) is 46.5 Å². The standard InChI is InChI=1S/C30H22BF15P/c32-16-13(17(33)23(39)26(42)22(16)38)31(46,14-18(34)24(40)27(43)25(41)19(14)35)15-20(36)28(44)30(29(45)21(15)37)47(11-7-3-1-4-8-11)12-9-5-2-6-10-12/h11-12H,1-10H2/q-1. The molecule has 0 nitrogen and oxygen atoms in total. The summed E-state index contributed by atoms with van der Waals surface area (Å²) >= 11 is 0. The quantitative estimate of drug-likeness (QED) is 0.0795. The molecule has 0 aliphatic heterocycles. The lowest BCUT2D eigenvalue weighted by Gasteiger charge is -2.40. The van der Waals surface area contributed by atoms with Crippen molar-refractivity contribution < 1.29 is 65.8 Å². The monoisotopic (exact) mass is 709 g/mol. The molecular formula is C30H22BF15P-. The normalized spacial score (nSPS) is 16.9. The van der Waals surface area contributed by atoms with Gasteiger partial charge in [0.25, 0.3) is 6.42 Å². The van der Waals surface area contributed by atoms with Crippen molar-refractivity contribution in [3.8, 4) is 0 Å². The maximum absolute atomic E-state index is 17.3. The smallest absolute Gasteiger partial charge is 0.251 e. The number of halogens is 15. The van der Waals surface area contributed by atoms with Crippen LogP contribution in [0.15, 0.2) is 0 Å². The molecule has 0 unspecified atom stereocenters. The maximum atomic E-state index is 17.3. The van der Waals surface area contributed by atoms with Crippen LogP contribution >= 0.6 is 7.92 Å². The molecule has 0 heterocycles. The van der Waals surface area contributed by atoms with Crippen molar-refractivity contribution in [3.05, 3.63) is 81.4 Å². The molecule has 2 aliphatic carbocycles. The largest absolute Gasteiger partial charge is 0.498 e. The van der Waals surface area contributed by atoms with E-state index in [1.54, 1.807) is 0 Å². The molecule has 2 aliphatic rings. The van der Waals surface area contributed by atoms with Crippen LogP contribution in [-0.2, 0) is 0 Å². The molecule has 0 aromatic heterocycles. The van der Waals surface area contributed by atoms with E-state index in [1.165, 1.54) is 0 Å². The van der Waals surface area contributed by atoms with Crippen LogP contribution in [-0.4, -0.2) is 17.7 Å². The zero-order chi connectivity index (χ0) is 34.7. The number of benzene rings is 3. The zero-order valence-electron chi connectivity index (χ0n) is 23.9. The lowest BCUT2D eigenvalue weighted by atomic mass is 9.30. The molecule has 5 rings (SSSR count). The highest BCUT2D eigenvalue weighted by Gasteiger charge is 2.49. The molecule has 256 valence electrons. The summed E-state index contributed by atoms with van der Waals surface area (Å²) in [6, 6.07) is 0. The molecular weight excluding hydrogens is 687 g/mol. The van der Waals surface area contributed by atoms with Gasteiger partial charge in [-0.2, -0.15) is 0 Å². The minimum atomic E-state index is -6.80. The van der Waals surface area contributed by atoms with E-state index in [-0.39, 0.29) is 0 Å². The predicted octanol–water partition coefficient (Wildman–Crippen LogP) is 8.34. The van der Waals surface area contributed by atoms with E-state index in [9.17, 15) is 26.3 Å². The van der Waals surface area contributed by atoms with Gasteiger partial charge in [-0.05, 0) is 37.0 Å². The first-order valence-electron chi connectivity index (χ1n) is 14.6. The Bertz CT molecular complexity index is 1560. The minimum absolute atomic E-state index is 0.373. The van der Waals surface area contributed by atoms with E-state index in [2.05, 4.69) is 0 Å². The molecule has 3 aromatic rings. The van der Waals surface area contributed by atoms with Gasteiger partial charge in [-0.1, -0.05) is 62.8 Å². The van der Waals surface area contributed by atoms with Crippen LogP contribution in [0.4, 0.5) is 65.8 Å². The molecule has 0 saturated heterocycles. The molecule has 0 atom stereocenters. The van der Waals surface area contributed by atoms with Crippen LogP contribution in [0.3, 0.4) is 0 Å². The van der Waals surface area contributed by atoms with Gasteiger partial charge in [-0.3, -0.25) is 0 Å². The van der Waals surface area contributed by atoms with E-state index in [1.807, 2.05) is 0 Å². The third-order valence-corrected chi connectivity index (χ3v) is 12.7. The van der Waals surface area contributed by atoms with Crippen molar-refractivity contribution in [2.75, 3.05) is 0 Å². The second-order valence-corrected chi connectivity index (χ2v) is 14.5. The Labute approximate surface area is 259 Å². The number of hydrogen-bond acceptors (Lipinski definition) is 0. The van der Waals surface area contributed by atoms with Gasteiger partial charge in [0.2, 0.25) is 0 Å². The Morgan fingerprint density at radius 1 is 0.340 bits per heavy atom. The summed E-state index contributed by atoms with van der Waals surface area (Å²) < 4.78 is 227. The topological polar surface area (TPSA) is 0 Å². The van der Waals surface area contributed by atoms with E-state index in [4.69, 9.17) is 0 Å². The lowest BCUT2D eigenvalue weighted by Crippen LogP contribution is -2.70. The minimum Gasteiger partial charge on any atom is -0.498 e. The first-order valence-corrected chi connectivity index (χ1v) is 16.1.